The average molecular weight is 354 g/mol. The molecule has 2 fully saturated rings. The first-order valence-electron chi connectivity index (χ1n) is 7.87. The molecule has 134 valence electrons. The highest BCUT2D eigenvalue weighted by molar-refractivity contribution is 7.85. The van der Waals surface area contributed by atoms with Crippen LogP contribution < -0.4 is 0 Å². The first kappa shape index (κ1) is 18.6. The predicted molar refractivity (Wildman–Crippen MR) is 79.7 cm³/mol. The van der Waals surface area contributed by atoms with Gasteiger partial charge in [-0.05, 0) is 51.9 Å². The van der Waals surface area contributed by atoms with Crippen molar-refractivity contribution in [2.24, 2.45) is 17.3 Å². The summed E-state index contributed by atoms with van der Waals surface area (Å²) >= 11 is 0. The van der Waals surface area contributed by atoms with Crippen LogP contribution >= 0.6 is 0 Å². The highest BCUT2D eigenvalue weighted by Gasteiger charge is 2.61. The molecule has 0 amide bonds. The molecule has 2 bridgehead atoms. The van der Waals surface area contributed by atoms with Gasteiger partial charge >= 0.3 is 5.97 Å². The number of fused-ring (bicyclic) bond motifs is 2. The zero-order chi connectivity index (χ0) is 17.7. The van der Waals surface area contributed by atoms with Crippen molar-refractivity contribution >= 4 is 16.1 Å². The second kappa shape index (κ2) is 5.65. The van der Waals surface area contributed by atoms with Gasteiger partial charge in [0.2, 0.25) is 0 Å². The number of hydrogen-bond donors (Lipinski definition) is 1. The molecule has 3 unspecified atom stereocenters. The van der Waals surface area contributed by atoms with E-state index in [1.165, 1.54) is 0 Å². The molecule has 0 aliphatic heterocycles. The fourth-order valence-corrected chi connectivity index (χ4v) is 4.39. The monoisotopic (exact) mass is 354 g/mol. The Morgan fingerprint density at radius 2 is 1.96 bits per heavy atom. The third kappa shape index (κ3) is 3.84. The van der Waals surface area contributed by atoms with Crippen LogP contribution in [-0.4, -0.2) is 36.2 Å². The largest absolute Gasteiger partial charge is 0.459 e. The number of carbonyl (C=O) groups excluding carboxylic acids is 1. The molecule has 0 aromatic rings. The summed E-state index contributed by atoms with van der Waals surface area (Å²) in [4.78, 5) is 12.3. The smallest absolute Gasteiger partial charge is 0.312 e. The molecule has 0 saturated heterocycles. The highest BCUT2D eigenvalue weighted by atomic mass is 32.2. The fraction of sp³-hybridized carbons (Fsp3) is 0.933. The second-order valence-electron chi connectivity index (χ2n) is 7.61. The molecule has 8 heteroatoms. The van der Waals surface area contributed by atoms with E-state index in [1.54, 1.807) is 13.8 Å². The van der Waals surface area contributed by atoms with E-state index in [4.69, 9.17) is 9.29 Å². The van der Waals surface area contributed by atoms with Crippen molar-refractivity contribution in [1.82, 2.24) is 0 Å². The molecular weight excluding hydrogens is 330 g/mol. The lowest BCUT2D eigenvalue weighted by molar-refractivity contribution is -0.172. The summed E-state index contributed by atoms with van der Waals surface area (Å²) in [6, 6.07) is 0. The van der Waals surface area contributed by atoms with E-state index < -0.39 is 44.7 Å². The minimum Gasteiger partial charge on any atom is -0.459 e. The molecule has 0 aromatic carbocycles. The van der Waals surface area contributed by atoms with Crippen LogP contribution in [0.4, 0.5) is 8.78 Å². The Labute approximate surface area is 135 Å². The van der Waals surface area contributed by atoms with Gasteiger partial charge in [-0.1, -0.05) is 6.92 Å². The fourth-order valence-electron chi connectivity index (χ4n) is 3.68. The van der Waals surface area contributed by atoms with Crippen molar-refractivity contribution in [3.8, 4) is 0 Å². The van der Waals surface area contributed by atoms with E-state index in [1.807, 2.05) is 6.92 Å². The summed E-state index contributed by atoms with van der Waals surface area (Å²) in [5, 5.41) is 0. The molecule has 2 saturated carbocycles. The van der Waals surface area contributed by atoms with Gasteiger partial charge in [0.05, 0.1) is 5.41 Å². The lowest BCUT2D eigenvalue weighted by Gasteiger charge is -2.35. The van der Waals surface area contributed by atoms with Crippen molar-refractivity contribution < 1.29 is 31.3 Å². The molecule has 2 aliphatic carbocycles. The molecule has 0 aromatic heterocycles. The van der Waals surface area contributed by atoms with Crippen molar-refractivity contribution in [2.75, 3.05) is 5.75 Å². The van der Waals surface area contributed by atoms with Crippen LogP contribution in [0.2, 0.25) is 0 Å². The van der Waals surface area contributed by atoms with Gasteiger partial charge < -0.3 is 4.74 Å². The van der Waals surface area contributed by atoms with Crippen molar-refractivity contribution in [3.63, 3.8) is 0 Å². The topological polar surface area (TPSA) is 80.7 Å². The highest BCUT2D eigenvalue weighted by Crippen LogP contribution is 2.58. The molecule has 0 radical (unpaired) electrons. The molecule has 0 heterocycles. The van der Waals surface area contributed by atoms with Crippen LogP contribution in [0.3, 0.4) is 0 Å². The van der Waals surface area contributed by atoms with Gasteiger partial charge in [-0.3, -0.25) is 9.35 Å². The first-order chi connectivity index (χ1) is 10.3. The van der Waals surface area contributed by atoms with Crippen molar-refractivity contribution in [3.05, 3.63) is 0 Å². The Balaban J connectivity index is 2.13. The molecule has 3 atom stereocenters. The van der Waals surface area contributed by atoms with E-state index in [0.717, 1.165) is 0 Å². The SMILES string of the molecule is CCC(C)(C)C(=O)OC12CCC(C1)C(C(F)(F)CS(=O)(=O)O)C2. The summed E-state index contributed by atoms with van der Waals surface area (Å²) < 4.78 is 64.4. The Morgan fingerprint density at radius 1 is 1.35 bits per heavy atom. The van der Waals surface area contributed by atoms with Gasteiger partial charge in [-0.15, -0.1) is 0 Å². The van der Waals surface area contributed by atoms with Gasteiger partial charge in [0.25, 0.3) is 16.0 Å². The van der Waals surface area contributed by atoms with Crippen molar-refractivity contribution in [1.29, 1.82) is 0 Å². The number of alkyl halides is 2. The van der Waals surface area contributed by atoms with Crippen LogP contribution in [0, 0.1) is 17.3 Å². The zero-order valence-electron chi connectivity index (χ0n) is 13.6. The maximum Gasteiger partial charge on any atom is 0.312 e. The minimum absolute atomic E-state index is 0.0499. The number of halogens is 2. The maximum atomic E-state index is 14.2. The lowest BCUT2D eigenvalue weighted by atomic mass is 9.83. The van der Waals surface area contributed by atoms with E-state index in [9.17, 15) is 22.0 Å². The Kier molecular flexibility index (Phi) is 4.56. The third-order valence-corrected chi connectivity index (χ3v) is 6.18. The van der Waals surface area contributed by atoms with E-state index in [0.29, 0.717) is 25.7 Å². The van der Waals surface area contributed by atoms with E-state index in [-0.39, 0.29) is 12.3 Å². The van der Waals surface area contributed by atoms with Crippen LogP contribution in [0.1, 0.15) is 52.9 Å². The molecular formula is C15H24F2O5S. The summed E-state index contributed by atoms with van der Waals surface area (Å²) in [6.45, 7) is 5.35. The number of carbonyl (C=O) groups is 1. The zero-order valence-corrected chi connectivity index (χ0v) is 14.5. The molecule has 23 heavy (non-hydrogen) atoms. The van der Waals surface area contributed by atoms with Gasteiger partial charge in [-0.25, -0.2) is 8.78 Å². The molecule has 0 spiro atoms. The van der Waals surface area contributed by atoms with E-state index in [2.05, 4.69) is 0 Å². The molecule has 5 nitrogen and oxygen atoms in total. The Bertz CT molecular complexity index is 587. The third-order valence-electron chi connectivity index (χ3n) is 5.43. The van der Waals surface area contributed by atoms with Crippen LogP contribution in [-0.2, 0) is 19.6 Å². The van der Waals surface area contributed by atoms with Crippen LogP contribution in [0.5, 0.6) is 0 Å². The van der Waals surface area contributed by atoms with Gasteiger partial charge in [0.15, 0.2) is 0 Å². The number of ether oxygens (including phenoxy) is 1. The number of esters is 1. The minimum atomic E-state index is -4.76. The second-order valence-corrected chi connectivity index (χ2v) is 9.06. The predicted octanol–water partition coefficient (Wildman–Crippen LogP) is 3.05. The lowest BCUT2D eigenvalue weighted by Crippen LogP contribution is -2.42. The normalized spacial score (nSPS) is 31.4. The first-order valence-corrected chi connectivity index (χ1v) is 9.48. The maximum absolute atomic E-state index is 14.2. The molecule has 2 rings (SSSR count). The Morgan fingerprint density at radius 3 is 2.48 bits per heavy atom. The van der Waals surface area contributed by atoms with Crippen LogP contribution in [0.25, 0.3) is 0 Å². The summed E-state index contributed by atoms with van der Waals surface area (Å²) in [5.74, 6) is -7.07. The Hall–Kier alpha value is -0.760. The van der Waals surface area contributed by atoms with Gasteiger partial charge in [0, 0.05) is 5.92 Å². The number of rotatable bonds is 6. The molecule has 2 aliphatic rings. The van der Waals surface area contributed by atoms with Gasteiger partial charge in [-0.2, -0.15) is 8.42 Å². The van der Waals surface area contributed by atoms with E-state index >= 15 is 0 Å². The molecule has 1 N–H and O–H groups in total. The summed E-state index contributed by atoms with van der Waals surface area (Å²) in [7, 11) is -4.76. The number of hydrogen-bond acceptors (Lipinski definition) is 4. The quantitative estimate of drug-likeness (QED) is 0.586. The standard InChI is InChI=1S/C15H24F2O5S/c1-4-13(2,3)12(18)22-14-6-5-10(7-14)11(8-14)15(16,17)9-23(19,20)21/h10-11H,4-9H2,1-3H3,(H,19,20,21). The van der Waals surface area contributed by atoms with Gasteiger partial charge in [0.1, 0.15) is 11.4 Å². The van der Waals surface area contributed by atoms with Crippen LogP contribution in [0.15, 0.2) is 0 Å². The summed E-state index contributed by atoms with van der Waals surface area (Å²) in [5.41, 5.74) is -1.59. The van der Waals surface area contributed by atoms with Crippen molar-refractivity contribution in [2.45, 2.75) is 64.4 Å². The average Bonchev–Trinajstić information content (AvgIpc) is 2.93. The summed E-state index contributed by atoms with van der Waals surface area (Å²) in [6.07, 6.45) is 1.87.